The van der Waals surface area contributed by atoms with E-state index in [1.165, 1.54) is 0 Å². The summed E-state index contributed by atoms with van der Waals surface area (Å²) >= 11 is 0. The summed E-state index contributed by atoms with van der Waals surface area (Å²) in [6, 6.07) is 13.9. The highest BCUT2D eigenvalue weighted by Gasteiger charge is 2.33. The first-order valence-corrected chi connectivity index (χ1v) is 7.06. The van der Waals surface area contributed by atoms with Crippen LogP contribution in [-0.4, -0.2) is 12.4 Å². The number of nitrogens with zero attached hydrogens (tertiary/aromatic N) is 1. The van der Waals surface area contributed by atoms with Gasteiger partial charge in [-0.25, -0.2) is 0 Å². The summed E-state index contributed by atoms with van der Waals surface area (Å²) in [6.45, 7) is 3.80. The molecule has 1 N–H and O–H groups in total. The molecule has 0 heterocycles. The Labute approximate surface area is 133 Å². The van der Waals surface area contributed by atoms with Gasteiger partial charge in [-0.2, -0.15) is 13.2 Å². The fourth-order valence-electron chi connectivity index (χ4n) is 1.83. The molecule has 0 aliphatic heterocycles. The van der Waals surface area contributed by atoms with Gasteiger partial charge in [-0.15, -0.1) is 0 Å². The van der Waals surface area contributed by atoms with E-state index in [1.807, 2.05) is 26.0 Å². The molecule has 0 fully saturated rings. The number of rotatable bonds is 4. The minimum absolute atomic E-state index is 0.378. The third-order valence-electron chi connectivity index (χ3n) is 3.13. The van der Waals surface area contributed by atoms with Crippen LogP contribution in [0.3, 0.4) is 0 Å². The molecule has 2 aromatic rings. The Kier molecular flexibility index (Phi) is 5.21. The second kappa shape index (κ2) is 7.13. The zero-order valence-corrected chi connectivity index (χ0v) is 12.9. The first-order chi connectivity index (χ1) is 10.8. The van der Waals surface area contributed by atoms with Crippen LogP contribution in [0.1, 0.15) is 11.1 Å². The Bertz CT molecular complexity index is 697. The van der Waals surface area contributed by atoms with Crippen molar-refractivity contribution in [2.45, 2.75) is 20.0 Å². The lowest BCUT2D eigenvalue weighted by Crippen LogP contribution is -2.19. The summed E-state index contributed by atoms with van der Waals surface area (Å²) in [5.41, 5.74) is 2.16. The van der Waals surface area contributed by atoms with E-state index in [0.29, 0.717) is 11.4 Å². The summed E-state index contributed by atoms with van der Waals surface area (Å²) < 4.78 is 39.2. The van der Waals surface area contributed by atoms with E-state index in [4.69, 9.17) is 0 Å². The Morgan fingerprint density at radius 1 is 0.913 bits per heavy atom. The second-order valence-corrected chi connectivity index (χ2v) is 5.18. The normalized spacial score (nSPS) is 12.7. The second-order valence-electron chi connectivity index (χ2n) is 5.18. The van der Waals surface area contributed by atoms with Crippen LogP contribution in [0.15, 0.2) is 65.3 Å². The van der Waals surface area contributed by atoms with Crippen LogP contribution in [-0.2, 0) is 0 Å². The quantitative estimate of drug-likeness (QED) is 0.733. The van der Waals surface area contributed by atoms with Crippen molar-refractivity contribution in [3.05, 3.63) is 71.4 Å². The van der Waals surface area contributed by atoms with Crippen molar-refractivity contribution >= 4 is 17.6 Å². The molecule has 0 saturated carbocycles. The maximum Gasteiger partial charge on any atom is 0.431 e. The van der Waals surface area contributed by atoms with E-state index >= 15 is 0 Å². The zero-order valence-electron chi connectivity index (χ0n) is 12.9. The van der Waals surface area contributed by atoms with Crippen molar-refractivity contribution in [3.63, 3.8) is 0 Å². The fraction of sp³-hybridized carbons (Fsp3) is 0.167. The molecule has 0 spiro atoms. The SMILES string of the molecule is Cc1ccc(N=C/C=C(/Nc2ccc(C)cc2)C(F)(F)F)cc1. The van der Waals surface area contributed by atoms with Crippen LogP contribution in [0, 0.1) is 13.8 Å². The molecule has 0 radical (unpaired) electrons. The van der Waals surface area contributed by atoms with E-state index in [-0.39, 0.29) is 0 Å². The number of nitrogens with one attached hydrogen (secondary N) is 1. The van der Waals surface area contributed by atoms with Crippen molar-refractivity contribution in [1.29, 1.82) is 0 Å². The minimum Gasteiger partial charge on any atom is -0.351 e. The van der Waals surface area contributed by atoms with Gasteiger partial charge >= 0.3 is 6.18 Å². The summed E-state index contributed by atoms with van der Waals surface area (Å²) in [4.78, 5) is 4.02. The van der Waals surface area contributed by atoms with Crippen LogP contribution in [0.4, 0.5) is 24.5 Å². The van der Waals surface area contributed by atoms with Gasteiger partial charge in [0.1, 0.15) is 5.70 Å². The number of benzene rings is 2. The van der Waals surface area contributed by atoms with Gasteiger partial charge in [0.05, 0.1) is 5.69 Å². The maximum atomic E-state index is 13.1. The zero-order chi connectivity index (χ0) is 16.9. The average Bonchev–Trinajstić information content (AvgIpc) is 2.49. The van der Waals surface area contributed by atoms with Gasteiger partial charge in [0.25, 0.3) is 0 Å². The van der Waals surface area contributed by atoms with Gasteiger partial charge in [0.2, 0.25) is 0 Å². The minimum atomic E-state index is -4.48. The number of allylic oxidation sites excluding steroid dienone is 2. The molecule has 2 nitrogen and oxygen atoms in total. The number of hydrogen-bond acceptors (Lipinski definition) is 2. The molecule has 0 amide bonds. The molecule has 0 aliphatic rings. The number of alkyl halides is 3. The van der Waals surface area contributed by atoms with Gasteiger partial charge in [-0.3, -0.25) is 4.99 Å². The lowest BCUT2D eigenvalue weighted by molar-refractivity contribution is -0.0901. The van der Waals surface area contributed by atoms with Gasteiger partial charge in [-0.1, -0.05) is 35.4 Å². The monoisotopic (exact) mass is 318 g/mol. The summed E-state index contributed by atoms with van der Waals surface area (Å²) in [5.74, 6) is 0. The first kappa shape index (κ1) is 16.8. The topological polar surface area (TPSA) is 24.4 Å². The summed E-state index contributed by atoms with van der Waals surface area (Å²) in [5, 5.41) is 2.39. The van der Waals surface area contributed by atoms with E-state index in [0.717, 1.165) is 23.4 Å². The molecule has 0 saturated heterocycles. The molecule has 0 unspecified atom stereocenters. The number of anilines is 1. The predicted octanol–water partition coefficient (Wildman–Crippen LogP) is 5.56. The van der Waals surface area contributed by atoms with Gasteiger partial charge in [0, 0.05) is 11.9 Å². The third-order valence-corrected chi connectivity index (χ3v) is 3.13. The van der Waals surface area contributed by atoms with Crippen molar-refractivity contribution in [1.82, 2.24) is 0 Å². The first-order valence-electron chi connectivity index (χ1n) is 7.06. The van der Waals surface area contributed by atoms with Crippen molar-refractivity contribution < 1.29 is 13.2 Å². The Hall–Kier alpha value is -2.56. The van der Waals surface area contributed by atoms with E-state index in [9.17, 15) is 13.2 Å². The molecule has 120 valence electrons. The molecule has 0 atom stereocenters. The highest BCUT2D eigenvalue weighted by atomic mass is 19.4. The number of aliphatic imine (C=N–C) groups is 1. The van der Waals surface area contributed by atoms with Crippen LogP contribution >= 0.6 is 0 Å². The van der Waals surface area contributed by atoms with Gasteiger partial charge < -0.3 is 5.32 Å². The van der Waals surface area contributed by atoms with Crippen LogP contribution in [0.25, 0.3) is 0 Å². The molecule has 2 rings (SSSR count). The lowest BCUT2D eigenvalue weighted by atomic mass is 10.2. The van der Waals surface area contributed by atoms with E-state index in [1.54, 1.807) is 36.4 Å². The Morgan fingerprint density at radius 3 is 1.96 bits per heavy atom. The standard InChI is InChI=1S/C18H17F3N2/c1-13-3-7-15(8-4-13)22-12-11-17(18(19,20)21)23-16-9-5-14(2)6-10-16/h3-12,23H,1-2H3/b17-11+,22-12?. The number of aryl methyl sites for hydroxylation is 2. The number of hydrogen-bond donors (Lipinski definition) is 1. The van der Waals surface area contributed by atoms with Crippen molar-refractivity contribution in [2.75, 3.05) is 5.32 Å². The molecule has 0 aromatic heterocycles. The van der Waals surface area contributed by atoms with Gasteiger partial charge in [0.15, 0.2) is 0 Å². The van der Waals surface area contributed by atoms with Crippen LogP contribution in [0.2, 0.25) is 0 Å². The Balaban J connectivity index is 2.17. The fourth-order valence-corrected chi connectivity index (χ4v) is 1.83. The molecule has 5 heteroatoms. The smallest absolute Gasteiger partial charge is 0.351 e. The molecule has 23 heavy (non-hydrogen) atoms. The molecule has 0 bridgehead atoms. The van der Waals surface area contributed by atoms with Crippen LogP contribution in [0.5, 0.6) is 0 Å². The summed E-state index contributed by atoms with van der Waals surface area (Å²) in [6.07, 6.45) is -2.40. The average molecular weight is 318 g/mol. The van der Waals surface area contributed by atoms with E-state index < -0.39 is 11.9 Å². The van der Waals surface area contributed by atoms with Crippen molar-refractivity contribution in [3.8, 4) is 0 Å². The van der Waals surface area contributed by atoms with Crippen molar-refractivity contribution in [2.24, 2.45) is 4.99 Å². The Morgan fingerprint density at radius 2 is 1.43 bits per heavy atom. The summed E-state index contributed by atoms with van der Waals surface area (Å²) in [7, 11) is 0. The predicted molar refractivity (Wildman–Crippen MR) is 88.3 cm³/mol. The largest absolute Gasteiger partial charge is 0.431 e. The third kappa shape index (κ3) is 5.29. The van der Waals surface area contributed by atoms with Crippen LogP contribution < -0.4 is 5.32 Å². The molecular weight excluding hydrogens is 301 g/mol. The highest BCUT2D eigenvalue weighted by molar-refractivity contribution is 5.76. The molecular formula is C18H17F3N2. The highest BCUT2D eigenvalue weighted by Crippen LogP contribution is 2.27. The van der Waals surface area contributed by atoms with Gasteiger partial charge in [-0.05, 0) is 44.2 Å². The lowest BCUT2D eigenvalue weighted by Gasteiger charge is -2.13. The molecule has 2 aromatic carbocycles. The van der Waals surface area contributed by atoms with E-state index in [2.05, 4.69) is 10.3 Å². The number of halogens is 3. The maximum absolute atomic E-state index is 13.1. The molecule has 0 aliphatic carbocycles.